The predicted octanol–water partition coefficient (Wildman–Crippen LogP) is 1.78. The second-order valence-corrected chi connectivity index (χ2v) is 2.21. The Morgan fingerprint density at radius 3 is 1.58 bits per heavy atom. The van der Waals surface area contributed by atoms with E-state index in [1.54, 1.807) is 0 Å². The molecule has 0 saturated heterocycles. The average molecular weight is 184 g/mol. The molecule has 0 fully saturated rings. The van der Waals surface area contributed by atoms with Crippen molar-refractivity contribution >= 4 is 18.6 Å². The van der Waals surface area contributed by atoms with Crippen LogP contribution >= 0.6 is 12.6 Å². The second kappa shape index (κ2) is 8.14. The lowest BCUT2D eigenvalue weighted by atomic mass is 10.4. The van der Waals surface area contributed by atoms with Crippen LogP contribution in [0, 0.1) is 0 Å². The molecule has 0 aliphatic heterocycles. The largest absolute Gasteiger partial charge is 0.468 e. The van der Waals surface area contributed by atoms with E-state index in [9.17, 15) is 4.79 Å². The summed E-state index contributed by atoms with van der Waals surface area (Å²) in [5.41, 5.74) is 0. The van der Waals surface area contributed by atoms with Crippen LogP contribution in [-0.2, 0) is 9.53 Å². The van der Waals surface area contributed by atoms with E-state index in [0.29, 0.717) is 0 Å². The van der Waals surface area contributed by atoms with Gasteiger partial charge in [0.1, 0.15) is 0 Å². The molecule has 0 aromatic heterocycles. The van der Waals surface area contributed by atoms with E-state index in [0.717, 1.165) is 0 Å². The van der Waals surface area contributed by atoms with Gasteiger partial charge in [-0.15, -0.1) is 0 Å². The Labute approximate surface area is 78.0 Å². The maximum atomic E-state index is 9.88. The fourth-order valence-electron chi connectivity index (χ4n) is 0.449. The molecule has 0 aliphatic rings. The Morgan fingerprint density at radius 1 is 1.17 bits per heavy atom. The van der Waals surface area contributed by atoms with Crippen LogP contribution in [0.25, 0.3) is 0 Å². The van der Waals surface area contributed by atoms with Crippen molar-refractivity contribution in [1.29, 1.82) is 0 Å². The molecule has 12 heavy (non-hydrogen) atoms. The molecule has 3 heteroatoms. The Bertz CT molecular complexity index is 166. The number of thiol groups is 1. The van der Waals surface area contributed by atoms with Gasteiger partial charge in [0.25, 0.3) is 0 Å². The van der Waals surface area contributed by atoms with Gasteiger partial charge in [-0.2, -0.15) is 12.6 Å². The third kappa shape index (κ3) is 7.15. The molecule has 0 heterocycles. The van der Waals surface area contributed by atoms with Crippen molar-refractivity contribution in [2.24, 2.45) is 0 Å². The molecule has 1 rings (SSSR count). The molecule has 0 amide bonds. The van der Waals surface area contributed by atoms with Gasteiger partial charge in [-0.1, -0.05) is 36.4 Å². The van der Waals surface area contributed by atoms with E-state index in [-0.39, 0.29) is 11.7 Å². The SMILES string of the molecule is COC(=O)CS.c1ccccc1. The number of methoxy groups -OCH3 is 1. The van der Waals surface area contributed by atoms with Gasteiger partial charge in [-0.3, -0.25) is 4.79 Å². The first-order valence-corrected chi connectivity index (χ1v) is 4.12. The van der Waals surface area contributed by atoms with Crippen molar-refractivity contribution in [2.75, 3.05) is 12.9 Å². The average Bonchev–Trinajstić information content (AvgIpc) is 2.20. The molecule has 0 spiro atoms. The lowest BCUT2D eigenvalue weighted by Crippen LogP contribution is -1.99. The third-order valence-corrected chi connectivity index (χ3v) is 1.28. The molecule has 0 N–H and O–H groups in total. The van der Waals surface area contributed by atoms with Gasteiger partial charge in [0.2, 0.25) is 0 Å². The first-order chi connectivity index (χ1) is 5.81. The lowest BCUT2D eigenvalue weighted by molar-refractivity contribution is -0.137. The smallest absolute Gasteiger partial charge is 0.315 e. The Balaban J connectivity index is 0.000000202. The molecule has 0 bridgehead atoms. The second-order valence-electron chi connectivity index (χ2n) is 1.89. The topological polar surface area (TPSA) is 26.3 Å². The molecular weight excluding hydrogens is 172 g/mol. The van der Waals surface area contributed by atoms with Gasteiger partial charge in [0, 0.05) is 0 Å². The molecule has 1 aromatic carbocycles. The number of rotatable bonds is 1. The standard InChI is InChI=1S/C6H6.C3H6O2S/c1-2-4-6-5-3-1;1-5-3(4)2-6/h1-6H;6H,2H2,1H3. The monoisotopic (exact) mass is 184 g/mol. The van der Waals surface area contributed by atoms with E-state index in [1.165, 1.54) is 7.11 Å². The van der Waals surface area contributed by atoms with Crippen LogP contribution in [0.15, 0.2) is 36.4 Å². The summed E-state index contributed by atoms with van der Waals surface area (Å²) in [5, 5.41) is 0. The minimum absolute atomic E-state index is 0.163. The Kier molecular flexibility index (Phi) is 7.49. The van der Waals surface area contributed by atoms with Crippen molar-refractivity contribution in [3.05, 3.63) is 36.4 Å². The maximum absolute atomic E-state index is 9.88. The van der Waals surface area contributed by atoms with Crippen LogP contribution in [-0.4, -0.2) is 18.8 Å². The van der Waals surface area contributed by atoms with Crippen molar-refractivity contribution in [2.45, 2.75) is 0 Å². The molecule has 0 unspecified atom stereocenters. The highest BCUT2D eigenvalue weighted by molar-refractivity contribution is 7.81. The molecule has 0 aliphatic carbocycles. The van der Waals surface area contributed by atoms with E-state index in [2.05, 4.69) is 17.4 Å². The van der Waals surface area contributed by atoms with Crippen LogP contribution in [0.3, 0.4) is 0 Å². The highest BCUT2D eigenvalue weighted by atomic mass is 32.1. The van der Waals surface area contributed by atoms with Gasteiger partial charge in [-0.05, 0) is 0 Å². The normalized spacial score (nSPS) is 7.83. The molecule has 1 aromatic rings. The predicted molar refractivity (Wildman–Crippen MR) is 52.3 cm³/mol. The zero-order chi connectivity index (χ0) is 9.23. The van der Waals surface area contributed by atoms with Gasteiger partial charge in [-0.25, -0.2) is 0 Å². The lowest BCUT2D eigenvalue weighted by Gasteiger charge is -1.86. The summed E-state index contributed by atoms with van der Waals surface area (Å²) in [6.07, 6.45) is 0. The number of benzene rings is 1. The number of ether oxygens (including phenoxy) is 1. The minimum atomic E-state index is -0.293. The fourth-order valence-corrected chi connectivity index (χ4v) is 0.579. The number of carbonyl (C=O) groups is 1. The molecule has 0 atom stereocenters. The van der Waals surface area contributed by atoms with E-state index in [4.69, 9.17) is 0 Å². The number of hydrogen-bond acceptors (Lipinski definition) is 3. The number of carbonyl (C=O) groups excluding carboxylic acids is 1. The zero-order valence-electron chi connectivity index (χ0n) is 6.93. The number of hydrogen-bond donors (Lipinski definition) is 1. The summed E-state index contributed by atoms with van der Waals surface area (Å²) in [4.78, 5) is 9.88. The van der Waals surface area contributed by atoms with E-state index >= 15 is 0 Å². The van der Waals surface area contributed by atoms with Crippen LogP contribution in [0.2, 0.25) is 0 Å². The summed E-state index contributed by atoms with van der Waals surface area (Å²) in [7, 11) is 1.33. The van der Waals surface area contributed by atoms with Crippen molar-refractivity contribution in [3.8, 4) is 0 Å². The highest BCUT2D eigenvalue weighted by Gasteiger charge is 1.88. The molecule has 66 valence electrons. The Morgan fingerprint density at radius 2 is 1.50 bits per heavy atom. The van der Waals surface area contributed by atoms with E-state index in [1.807, 2.05) is 36.4 Å². The van der Waals surface area contributed by atoms with Crippen LogP contribution in [0.5, 0.6) is 0 Å². The van der Waals surface area contributed by atoms with Gasteiger partial charge in [0.05, 0.1) is 12.9 Å². The van der Waals surface area contributed by atoms with Crippen LogP contribution in [0.4, 0.5) is 0 Å². The highest BCUT2D eigenvalue weighted by Crippen LogP contribution is 1.79. The summed E-state index contributed by atoms with van der Waals surface area (Å²) < 4.78 is 4.18. The summed E-state index contributed by atoms with van der Waals surface area (Å²) >= 11 is 3.62. The minimum Gasteiger partial charge on any atom is -0.468 e. The quantitative estimate of drug-likeness (QED) is 0.532. The summed E-state index contributed by atoms with van der Waals surface area (Å²) in [5.74, 6) is -0.130. The summed E-state index contributed by atoms with van der Waals surface area (Å²) in [6.45, 7) is 0. The van der Waals surface area contributed by atoms with Gasteiger partial charge in [0.15, 0.2) is 0 Å². The van der Waals surface area contributed by atoms with Crippen LogP contribution < -0.4 is 0 Å². The van der Waals surface area contributed by atoms with Crippen molar-refractivity contribution in [1.82, 2.24) is 0 Å². The zero-order valence-corrected chi connectivity index (χ0v) is 7.83. The fraction of sp³-hybridized carbons (Fsp3) is 0.222. The van der Waals surface area contributed by atoms with Crippen molar-refractivity contribution in [3.63, 3.8) is 0 Å². The third-order valence-electron chi connectivity index (χ3n) is 1.02. The Hall–Kier alpha value is -0.960. The van der Waals surface area contributed by atoms with Gasteiger partial charge < -0.3 is 4.74 Å². The maximum Gasteiger partial charge on any atom is 0.315 e. The van der Waals surface area contributed by atoms with Crippen molar-refractivity contribution < 1.29 is 9.53 Å². The summed E-state index contributed by atoms with van der Waals surface area (Å²) in [6, 6.07) is 12.0. The first kappa shape index (κ1) is 11.0. The van der Waals surface area contributed by atoms with Gasteiger partial charge >= 0.3 is 5.97 Å². The van der Waals surface area contributed by atoms with E-state index < -0.39 is 0 Å². The molecule has 0 saturated carbocycles. The molecule has 2 nitrogen and oxygen atoms in total. The molecular formula is C9H12O2S. The van der Waals surface area contributed by atoms with Crippen LogP contribution in [0.1, 0.15) is 0 Å². The molecule has 0 radical (unpaired) electrons. The number of esters is 1. The first-order valence-electron chi connectivity index (χ1n) is 3.49.